The molecule has 2 amide bonds. The van der Waals surface area contributed by atoms with Crippen molar-refractivity contribution in [2.24, 2.45) is 0 Å². The fourth-order valence-electron chi connectivity index (χ4n) is 2.09. The predicted octanol–water partition coefficient (Wildman–Crippen LogP) is 2.70. The second kappa shape index (κ2) is 6.58. The van der Waals surface area contributed by atoms with E-state index in [0.29, 0.717) is 22.6 Å². The average molecular weight is 342 g/mol. The summed E-state index contributed by atoms with van der Waals surface area (Å²) >= 11 is 2.96. The normalized spacial score (nSPS) is 18.8. The zero-order valence-corrected chi connectivity index (χ0v) is 15.3. The van der Waals surface area contributed by atoms with Crippen LogP contribution in [0.15, 0.2) is 5.38 Å². The molecule has 1 fully saturated rings. The molecule has 1 saturated heterocycles. The standard InChI is InChI=1S/C15H23N3O2S2/c1-9(2)10-6-22-13(16-10)14(20)18-8-21-7-11(18)12(19)17-15(3,4)5/h6,9,11H,7-8H2,1-5H3,(H,17,19). The molecule has 0 aliphatic carbocycles. The van der Waals surface area contributed by atoms with Gasteiger partial charge >= 0.3 is 0 Å². The van der Waals surface area contributed by atoms with Gasteiger partial charge in [0.2, 0.25) is 5.91 Å². The Morgan fingerprint density at radius 1 is 1.41 bits per heavy atom. The van der Waals surface area contributed by atoms with Gasteiger partial charge in [-0.1, -0.05) is 13.8 Å². The van der Waals surface area contributed by atoms with Gasteiger partial charge in [0.1, 0.15) is 6.04 Å². The molecule has 22 heavy (non-hydrogen) atoms. The second-order valence-corrected chi connectivity index (χ2v) is 8.62. The maximum absolute atomic E-state index is 12.6. The van der Waals surface area contributed by atoms with Gasteiger partial charge in [-0.15, -0.1) is 23.1 Å². The number of thioether (sulfide) groups is 1. The zero-order valence-electron chi connectivity index (χ0n) is 13.7. The lowest BCUT2D eigenvalue weighted by molar-refractivity contribution is -0.125. The third-order valence-electron chi connectivity index (χ3n) is 3.24. The number of thiazole rings is 1. The number of amides is 2. The molecule has 1 aromatic heterocycles. The minimum atomic E-state index is -0.414. The van der Waals surface area contributed by atoms with E-state index in [1.54, 1.807) is 16.7 Å². The minimum absolute atomic E-state index is 0.0912. The molecule has 1 N–H and O–H groups in total. The Balaban J connectivity index is 2.12. The second-order valence-electron chi connectivity index (χ2n) is 6.76. The van der Waals surface area contributed by atoms with E-state index in [2.05, 4.69) is 24.1 Å². The maximum Gasteiger partial charge on any atom is 0.284 e. The summed E-state index contributed by atoms with van der Waals surface area (Å²) in [6, 6.07) is -0.414. The quantitative estimate of drug-likeness (QED) is 0.918. The first-order chi connectivity index (χ1) is 10.2. The van der Waals surface area contributed by atoms with Gasteiger partial charge in [-0.3, -0.25) is 9.59 Å². The van der Waals surface area contributed by atoms with Gasteiger partial charge < -0.3 is 10.2 Å². The van der Waals surface area contributed by atoms with Crippen molar-refractivity contribution in [3.8, 4) is 0 Å². The molecule has 122 valence electrons. The van der Waals surface area contributed by atoms with Gasteiger partial charge in [0, 0.05) is 16.7 Å². The molecule has 5 nitrogen and oxygen atoms in total. The number of carbonyl (C=O) groups is 2. The van der Waals surface area contributed by atoms with Gasteiger partial charge in [0.15, 0.2) is 5.01 Å². The van der Waals surface area contributed by atoms with Crippen LogP contribution in [0, 0.1) is 0 Å². The summed E-state index contributed by atoms with van der Waals surface area (Å²) in [6.45, 7) is 9.92. The summed E-state index contributed by atoms with van der Waals surface area (Å²) < 4.78 is 0. The third kappa shape index (κ3) is 4.01. The number of carbonyl (C=O) groups excluding carboxylic acids is 2. The summed E-state index contributed by atoms with van der Waals surface area (Å²) in [4.78, 5) is 31.1. The van der Waals surface area contributed by atoms with E-state index < -0.39 is 6.04 Å². The van der Waals surface area contributed by atoms with Crippen LogP contribution in [-0.4, -0.2) is 44.9 Å². The predicted molar refractivity (Wildman–Crippen MR) is 91.4 cm³/mol. The highest BCUT2D eigenvalue weighted by molar-refractivity contribution is 7.99. The van der Waals surface area contributed by atoms with Crippen LogP contribution in [0.2, 0.25) is 0 Å². The Morgan fingerprint density at radius 3 is 2.64 bits per heavy atom. The van der Waals surface area contributed by atoms with Crippen LogP contribution >= 0.6 is 23.1 Å². The fourth-order valence-corrected chi connectivity index (χ4v) is 4.17. The third-order valence-corrected chi connectivity index (χ3v) is 5.10. The number of aromatic nitrogens is 1. The highest BCUT2D eigenvalue weighted by atomic mass is 32.2. The largest absolute Gasteiger partial charge is 0.350 e. The lowest BCUT2D eigenvalue weighted by atomic mass is 10.1. The summed E-state index contributed by atoms with van der Waals surface area (Å²) in [6.07, 6.45) is 0. The van der Waals surface area contributed by atoms with Crippen LogP contribution in [0.3, 0.4) is 0 Å². The topological polar surface area (TPSA) is 62.3 Å². The molecular formula is C15H23N3O2S2. The van der Waals surface area contributed by atoms with Crippen molar-refractivity contribution in [1.82, 2.24) is 15.2 Å². The van der Waals surface area contributed by atoms with Crippen molar-refractivity contribution in [3.63, 3.8) is 0 Å². The Morgan fingerprint density at radius 2 is 2.09 bits per heavy atom. The van der Waals surface area contributed by atoms with Crippen LogP contribution in [0.5, 0.6) is 0 Å². The first kappa shape index (κ1) is 17.3. The van der Waals surface area contributed by atoms with E-state index in [9.17, 15) is 9.59 Å². The molecule has 2 rings (SSSR count). The minimum Gasteiger partial charge on any atom is -0.350 e. The van der Waals surface area contributed by atoms with Crippen molar-refractivity contribution in [2.75, 3.05) is 11.6 Å². The number of hydrogen-bond donors (Lipinski definition) is 1. The van der Waals surface area contributed by atoms with Gasteiger partial charge in [-0.2, -0.15) is 0 Å². The van der Waals surface area contributed by atoms with Crippen LogP contribution < -0.4 is 5.32 Å². The van der Waals surface area contributed by atoms with E-state index in [1.165, 1.54) is 11.3 Å². The van der Waals surface area contributed by atoms with Gasteiger partial charge in [0.25, 0.3) is 5.91 Å². The van der Waals surface area contributed by atoms with Crippen LogP contribution in [0.4, 0.5) is 0 Å². The summed E-state index contributed by atoms with van der Waals surface area (Å²) in [7, 11) is 0. The summed E-state index contributed by atoms with van der Waals surface area (Å²) in [5.41, 5.74) is 0.626. The molecular weight excluding hydrogens is 318 g/mol. The van der Waals surface area contributed by atoms with Crippen LogP contribution in [0.1, 0.15) is 56.0 Å². The fraction of sp³-hybridized carbons (Fsp3) is 0.667. The molecule has 0 saturated carbocycles. The zero-order chi connectivity index (χ0) is 16.5. The molecule has 2 heterocycles. The van der Waals surface area contributed by atoms with Crippen molar-refractivity contribution in [3.05, 3.63) is 16.1 Å². The highest BCUT2D eigenvalue weighted by Crippen LogP contribution is 2.26. The maximum atomic E-state index is 12.6. The molecule has 1 aliphatic rings. The Labute approximate surface area is 139 Å². The molecule has 1 aliphatic heterocycles. The molecule has 0 bridgehead atoms. The Kier molecular flexibility index (Phi) is 5.17. The first-order valence-electron chi connectivity index (χ1n) is 7.35. The molecule has 1 unspecified atom stereocenters. The SMILES string of the molecule is CC(C)c1csc(C(=O)N2CSCC2C(=O)NC(C)(C)C)n1. The van der Waals surface area contributed by atoms with Gasteiger partial charge in [0.05, 0.1) is 11.6 Å². The van der Waals surface area contributed by atoms with E-state index in [4.69, 9.17) is 0 Å². The number of nitrogens with one attached hydrogen (secondary N) is 1. The molecule has 1 atom stereocenters. The molecule has 0 radical (unpaired) electrons. The Bertz CT molecular complexity index is 563. The van der Waals surface area contributed by atoms with Crippen LogP contribution in [-0.2, 0) is 4.79 Å². The van der Waals surface area contributed by atoms with Gasteiger partial charge in [-0.25, -0.2) is 4.98 Å². The van der Waals surface area contributed by atoms with Crippen molar-refractivity contribution >= 4 is 34.9 Å². The summed E-state index contributed by atoms with van der Waals surface area (Å²) in [5, 5.41) is 5.35. The molecule has 7 heteroatoms. The average Bonchev–Trinajstić information content (AvgIpc) is 3.05. The monoisotopic (exact) mass is 341 g/mol. The van der Waals surface area contributed by atoms with E-state index in [1.807, 2.05) is 26.2 Å². The van der Waals surface area contributed by atoms with Gasteiger partial charge in [-0.05, 0) is 26.7 Å². The van der Waals surface area contributed by atoms with Crippen molar-refractivity contribution in [1.29, 1.82) is 0 Å². The summed E-state index contributed by atoms with van der Waals surface area (Å²) in [5.74, 6) is 1.24. The number of nitrogens with zero attached hydrogens (tertiary/aromatic N) is 2. The van der Waals surface area contributed by atoms with E-state index >= 15 is 0 Å². The smallest absolute Gasteiger partial charge is 0.284 e. The first-order valence-corrected chi connectivity index (χ1v) is 9.38. The number of hydrogen-bond acceptors (Lipinski definition) is 5. The molecule has 1 aromatic rings. The van der Waals surface area contributed by atoms with Crippen LogP contribution in [0.25, 0.3) is 0 Å². The number of rotatable bonds is 3. The molecule has 0 aromatic carbocycles. The lowest BCUT2D eigenvalue weighted by Gasteiger charge is -2.27. The van der Waals surface area contributed by atoms with E-state index in [0.717, 1.165) is 5.69 Å². The molecule has 0 spiro atoms. The van der Waals surface area contributed by atoms with Crippen molar-refractivity contribution in [2.45, 2.75) is 52.1 Å². The lowest BCUT2D eigenvalue weighted by Crippen LogP contribution is -2.52. The highest BCUT2D eigenvalue weighted by Gasteiger charge is 2.37. The Hall–Kier alpha value is -1.08. The van der Waals surface area contributed by atoms with E-state index in [-0.39, 0.29) is 17.4 Å². The van der Waals surface area contributed by atoms with Crippen molar-refractivity contribution < 1.29 is 9.59 Å².